The molecule has 0 spiro atoms. The molecule has 0 unspecified atom stereocenters. The van der Waals surface area contributed by atoms with Crippen LogP contribution in [0.2, 0.25) is 0 Å². The Morgan fingerprint density at radius 3 is 2.50 bits per heavy atom. The molecule has 2 aromatic rings. The first-order chi connectivity index (χ1) is 13.3. The molecule has 0 radical (unpaired) electrons. The average molecular weight is 384 g/mol. The maximum absolute atomic E-state index is 12.3. The van der Waals surface area contributed by atoms with Gasteiger partial charge in [0.1, 0.15) is 5.75 Å². The van der Waals surface area contributed by atoms with Crippen molar-refractivity contribution in [1.82, 2.24) is 5.32 Å². The van der Waals surface area contributed by atoms with Crippen molar-refractivity contribution in [3.05, 3.63) is 59.7 Å². The molecular weight excluding hydrogens is 356 g/mol. The molecule has 2 aromatic carbocycles. The molecule has 0 heterocycles. The number of benzene rings is 2. The van der Waals surface area contributed by atoms with Crippen LogP contribution in [0.5, 0.6) is 5.75 Å². The van der Waals surface area contributed by atoms with Gasteiger partial charge in [0, 0.05) is 24.9 Å². The number of anilines is 1. The molecular formula is C22H28N2O4. The van der Waals surface area contributed by atoms with Crippen LogP contribution in [0.15, 0.2) is 48.5 Å². The average Bonchev–Trinajstić information content (AvgIpc) is 2.66. The van der Waals surface area contributed by atoms with Gasteiger partial charge in [0.15, 0.2) is 6.61 Å². The SMILES string of the molecule is COCCNC(=O)c1cccc(NC(=O)COc2ccccc2C(C)(C)C)c1. The summed E-state index contributed by atoms with van der Waals surface area (Å²) in [5.41, 5.74) is 1.96. The predicted octanol–water partition coefficient (Wildman–Crippen LogP) is 3.38. The second-order valence-electron chi connectivity index (χ2n) is 7.41. The van der Waals surface area contributed by atoms with Gasteiger partial charge >= 0.3 is 0 Å². The molecule has 2 amide bonds. The van der Waals surface area contributed by atoms with Crippen LogP contribution in [0.4, 0.5) is 5.69 Å². The summed E-state index contributed by atoms with van der Waals surface area (Å²) < 4.78 is 10.6. The Balaban J connectivity index is 1.95. The number of carbonyl (C=O) groups excluding carboxylic acids is 2. The van der Waals surface area contributed by atoms with Gasteiger partial charge in [0.05, 0.1) is 6.61 Å². The van der Waals surface area contributed by atoms with E-state index in [-0.39, 0.29) is 23.8 Å². The van der Waals surface area contributed by atoms with Gasteiger partial charge in [-0.3, -0.25) is 9.59 Å². The van der Waals surface area contributed by atoms with Crippen LogP contribution in [0, 0.1) is 0 Å². The largest absolute Gasteiger partial charge is 0.483 e. The van der Waals surface area contributed by atoms with Gasteiger partial charge < -0.3 is 20.1 Å². The number of amides is 2. The molecule has 0 saturated carbocycles. The van der Waals surface area contributed by atoms with Crippen molar-refractivity contribution in [2.45, 2.75) is 26.2 Å². The second-order valence-corrected chi connectivity index (χ2v) is 7.41. The molecule has 150 valence electrons. The first kappa shape index (κ1) is 21.4. The molecule has 0 aromatic heterocycles. The van der Waals surface area contributed by atoms with Crippen LogP contribution < -0.4 is 15.4 Å². The zero-order valence-electron chi connectivity index (χ0n) is 16.9. The fourth-order valence-electron chi connectivity index (χ4n) is 2.66. The highest BCUT2D eigenvalue weighted by Gasteiger charge is 2.19. The molecule has 0 saturated heterocycles. The molecule has 0 aliphatic carbocycles. The molecule has 0 aliphatic rings. The van der Waals surface area contributed by atoms with E-state index >= 15 is 0 Å². The Kier molecular flexibility index (Phi) is 7.58. The molecule has 0 atom stereocenters. The molecule has 0 fully saturated rings. The third-order valence-corrected chi connectivity index (χ3v) is 4.05. The summed E-state index contributed by atoms with van der Waals surface area (Å²) in [6.45, 7) is 7.04. The number of hydrogen-bond acceptors (Lipinski definition) is 4. The normalized spacial score (nSPS) is 11.0. The van der Waals surface area contributed by atoms with E-state index in [0.29, 0.717) is 30.2 Å². The lowest BCUT2D eigenvalue weighted by Crippen LogP contribution is -2.27. The standard InChI is InChI=1S/C22H28N2O4/c1-22(2,3)18-10-5-6-11-19(18)28-15-20(25)24-17-9-7-8-16(14-17)21(26)23-12-13-27-4/h5-11,14H,12-13,15H2,1-4H3,(H,23,26)(H,24,25). The summed E-state index contributed by atoms with van der Waals surface area (Å²) >= 11 is 0. The van der Waals surface area contributed by atoms with Gasteiger partial charge in [-0.1, -0.05) is 45.0 Å². The number of carbonyl (C=O) groups is 2. The molecule has 2 N–H and O–H groups in total. The molecule has 28 heavy (non-hydrogen) atoms. The van der Waals surface area contributed by atoms with E-state index in [1.165, 1.54) is 0 Å². The molecule has 6 heteroatoms. The minimum atomic E-state index is -0.291. The van der Waals surface area contributed by atoms with Crippen molar-refractivity contribution in [2.24, 2.45) is 0 Å². The summed E-state index contributed by atoms with van der Waals surface area (Å²) in [5, 5.41) is 5.51. The van der Waals surface area contributed by atoms with E-state index in [1.54, 1.807) is 31.4 Å². The number of nitrogens with one attached hydrogen (secondary N) is 2. The summed E-state index contributed by atoms with van der Waals surface area (Å²) in [6, 6.07) is 14.5. The fourth-order valence-corrected chi connectivity index (χ4v) is 2.66. The third kappa shape index (κ3) is 6.39. The van der Waals surface area contributed by atoms with Crippen molar-refractivity contribution in [2.75, 3.05) is 32.2 Å². The number of hydrogen-bond donors (Lipinski definition) is 2. The van der Waals surface area contributed by atoms with Crippen molar-refractivity contribution in [3.63, 3.8) is 0 Å². The van der Waals surface area contributed by atoms with Crippen LogP contribution in [0.1, 0.15) is 36.7 Å². The molecule has 2 rings (SSSR count). The fraction of sp³-hybridized carbons (Fsp3) is 0.364. The van der Waals surface area contributed by atoms with E-state index in [2.05, 4.69) is 31.4 Å². The lowest BCUT2D eigenvalue weighted by molar-refractivity contribution is -0.118. The van der Waals surface area contributed by atoms with Crippen molar-refractivity contribution >= 4 is 17.5 Å². The van der Waals surface area contributed by atoms with Gasteiger partial charge in [-0.2, -0.15) is 0 Å². The topological polar surface area (TPSA) is 76.7 Å². The Morgan fingerprint density at radius 1 is 1.04 bits per heavy atom. The van der Waals surface area contributed by atoms with Gasteiger partial charge in [-0.15, -0.1) is 0 Å². The van der Waals surface area contributed by atoms with Gasteiger partial charge in [0.25, 0.3) is 11.8 Å². The Labute approximate surface area is 166 Å². The molecule has 0 bridgehead atoms. The number of methoxy groups -OCH3 is 1. The highest BCUT2D eigenvalue weighted by atomic mass is 16.5. The minimum absolute atomic E-state index is 0.0857. The summed E-state index contributed by atoms with van der Waals surface area (Å²) in [7, 11) is 1.57. The first-order valence-corrected chi connectivity index (χ1v) is 9.20. The lowest BCUT2D eigenvalue weighted by Gasteiger charge is -2.22. The van der Waals surface area contributed by atoms with Crippen LogP contribution in [-0.4, -0.2) is 38.7 Å². The van der Waals surface area contributed by atoms with Crippen molar-refractivity contribution in [3.8, 4) is 5.75 Å². The predicted molar refractivity (Wildman–Crippen MR) is 110 cm³/mol. The maximum atomic E-state index is 12.3. The van der Waals surface area contributed by atoms with E-state index in [1.807, 2.05) is 24.3 Å². The van der Waals surface area contributed by atoms with Crippen LogP contribution in [0.25, 0.3) is 0 Å². The third-order valence-electron chi connectivity index (χ3n) is 4.05. The summed E-state index contributed by atoms with van der Waals surface area (Å²) in [6.07, 6.45) is 0. The van der Waals surface area contributed by atoms with Crippen molar-refractivity contribution < 1.29 is 19.1 Å². The second kappa shape index (κ2) is 9.90. The van der Waals surface area contributed by atoms with E-state index in [9.17, 15) is 9.59 Å². The quantitative estimate of drug-likeness (QED) is 0.684. The number of para-hydroxylation sites is 1. The Morgan fingerprint density at radius 2 is 1.79 bits per heavy atom. The van der Waals surface area contributed by atoms with Crippen molar-refractivity contribution in [1.29, 1.82) is 0 Å². The smallest absolute Gasteiger partial charge is 0.262 e. The van der Waals surface area contributed by atoms with Crippen LogP contribution in [0.3, 0.4) is 0 Å². The zero-order chi connectivity index (χ0) is 20.6. The van der Waals surface area contributed by atoms with Gasteiger partial charge in [-0.25, -0.2) is 0 Å². The van der Waals surface area contributed by atoms with E-state index in [4.69, 9.17) is 9.47 Å². The first-order valence-electron chi connectivity index (χ1n) is 9.20. The maximum Gasteiger partial charge on any atom is 0.262 e. The Hall–Kier alpha value is -2.86. The number of ether oxygens (including phenoxy) is 2. The molecule has 6 nitrogen and oxygen atoms in total. The van der Waals surface area contributed by atoms with Crippen LogP contribution >= 0.6 is 0 Å². The zero-order valence-corrected chi connectivity index (χ0v) is 16.9. The lowest BCUT2D eigenvalue weighted by atomic mass is 9.86. The van der Waals surface area contributed by atoms with Gasteiger partial charge in [0.2, 0.25) is 0 Å². The van der Waals surface area contributed by atoms with E-state index < -0.39 is 0 Å². The summed E-state index contributed by atoms with van der Waals surface area (Å²) in [5.74, 6) is 0.181. The highest BCUT2D eigenvalue weighted by Crippen LogP contribution is 2.30. The minimum Gasteiger partial charge on any atom is -0.483 e. The Bertz CT molecular complexity index is 812. The van der Waals surface area contributed by atoms with Gasteiger partial charge in [-0.05, 0) is 35.2 Å². The van der Waals surface area contributed by atoms with E-state index in [0.717, 1.165) is 5.56 Å². The monoisotopic (exact) mass is 384 g/mol. The van der Waals surface area contributed by atoms with Crippen LogP contribution in [-0.2, 0) is 14.9 Å². The molecule has 0 aliphatic heterocycles. The highest BCUT2D eigenvalue weighted by molar-refractivity contribution is 5.97. The summed E-state index contributed by atoms with van der Waals surface area (Å²) in [4.78, 5) is 24.4. The number of rotatable bonds is 8.